The van der Waals surface area contributed by atoms with Gasteiger partial charge in [-0.15, -0.1) is 15.6 Å². The first-order valence-electron chi connectivity index (χ1n) is 15.8. The number of fused-ring (bicyclic) bond motifs is 1. The average molecular weight is 737 g/mol. The zero-order valence-electron chi connectivity index (χ0n) is 27.6. The Bertz CT molecular complexity index is 1820. The Morgan fingerprint density at radius 1 is 1.24 bits per heavy atom. The lowest BCUT2D eigenvalue weighted by Crippen LogP contribution is -2.76. The molecule has 2 aliphatic heterocycles. The number of amidine groups is 1. The smallest absolute Gasteiger partial charge is 0.418 e. The van der Waals surface area contributed by atoms with Crippen molar-refractivity contribution in [1.82, 2.24) is 15.4 Å². The lowest BCUT2D eigenvalue weighted by atomic mass is 9.84. The second kappa shape index (κ2) is 14.1. The minimum absolute atomic E-state index is 0.0607. The van der Waals surface area contributed by atoms with Gasteiger partial charge in [-0.3, -0.25) is 19.1 Å². The molecule has 1 aliphatic carbocycles. The molecule has 272 valence electrons. The largest absolute Gasteiger partial charge is 0.485 e. The van der Waals surface area contributed by atoms with Gasteiger partial charge in [0.2, 0.25) is 0 Å². The van der Waals surface area contributed by atoms with Crippen molar-refractivity contribution in [2.75, 3.05) is 12.3 Å². The molecule has 0 radical (unpaired) electrons. The number of aliphatic imine (C=N–C) groups is 1. The summed E-state index contributed by atoms with van der Waals surface area (Å²) >= 11 is 0.967. The quantitative estimate of drug-likeness (QED) is 0.0577. The number of β-lactam (4-membered cyclic amide) rings is 1. The van der Waals surface area contributed by atoms with Crippen LogP contribution in [0.15, 0.2) is 33.7 Å². The predicted molar refractivity (Wildman–Crippen MR) is 180 cm³/mol. The van der Waals surface area contributed by atoms with Gasteiger partial charge >= 0.3 is 16.4 Å². The molecule has 5 rings (SSSR count). The summed E-state index contributed by atoms with van der Waals surface area (Å²) in [6.45, 7) is 4.67. The summed E-state index contributed by atoms with van der Waals surface area (Å²) in [5.41, 5.74) is 15.3. The van der Waals surface area contributed by atoms with Crippen molar-refractivity contribution in [1.29, 1.82) is 0 Å². The van der Waals surface area contributed by atoms with Gasteiger partial charge in [0.1, 0.15) is 23.3 Å². The zero-order valence-corrected chi connectivity index (χ0v) is 29.2. The Hall–Kier alpha value is -4.37. The number of carbonyl (C=O) groups excluding carboxylic acids is 2. The number of nitrogen functional groups attached to an aromatic ring is 1. The van der Waals surface area contributed by atoms with E-state index in [4.69, 9.17) is 36.3 Å². The SMILES string of the molecule is CC(ON=C(C(=O)NC1C(=O)N(OS(=O)(=O)O)C1(C)C)c1csc(N)n1)(C(=O)O)C1CCc2cc(C(N)=NC3CCC(CN)CC3)ccc2O1. The summed E-state index contributed by atoms with van der Waals surface area (Å²) in [5.74, 6) is -2.08. The van der Waals surface area contributed by atoms with Crippen LogP contribution in [0.2, 0.25) is 0 Å². The van der Waals surface area contributed by atoms with Gasteiger partial charge < -0.3 is 37.2 Å². The normalized spacial score (nSPS) is 25.1. The first kappa shape index (κ1) is 36.9. The number of carbonyl (C=O) groups is 3. The van der Waals surface area contributed by atoms with E-state index in [0.717, 1.165) is 48.1 Å². The Morgan fingerprint density at radius 2 is 1.94 bits per heavy atom. The van der Waals surface area contributed by atoms with Gasteiger partial charge in [-0.1, -0.05) is 5.16 Å². The van der Waals surface area contributed by atoms with Gasteiger partial charge in [0, 0.05) is 10.9 Å². The van der Waals surface area contributed by atoms with Crippen LogP contribution >= 0.6 is 11.3 Å². The lowest BCUT2D eigenvalue weighted by molar-refractivity contribution is -0.218. The fourth-order valence-electron chi connectivity index (χ4n) is 6.11. The van der Waals surface area contributed by atoms with Crippen LogP contribution in [0.3, 0.4) is 0 Å². The topological polar surface area (TPSA) is 284 Å². The van der Waals surface area contributed by atoms with Gasteiger partial charge in [0.15, 0.2) is 16.9 Å². The van der Waals surface area contributed by atoms with E-state index in [-0.39, 0.29) is 23.3 Å². The first-order chi connectivity index (χ1) is 23.4. The van der Waals surface area contributed by atoms with E-state index in [1.165, 1.54) is 26.2 Å². The number of aliphatic carboxylic acids is 1. The number of hydroxylamine groups is 2. The van der Waals surface area contributed by atoms with Crippen LogP contribution in [0.4, 0.5) is 5.13 Å². The summed E-state index contributed by atoms with van der Waals surface area (Å²) in [6.07, 6.45) is 3.44. The maximum absolute atomic E-state index is 13.5. The maximum Gasteiger partial charge on any atom is 0.418 e. The number of benzene rings is 1. The molecule has 1 aromatic carbocycles. The molecule has 3 unspecified atom stereocenters. The number of oxime groups is 1. The van der Waals surface area contributed by atoms with Crippen LogP contribution in [0.1, 0.15) is 69.7 Å². The monoisotopic (exact) mass is 736 g/mol. The van der Waals surface area contributed by atoms with E-state index in [0.29, 0.717) is 35.5 Å². The first-order valence-corrected chi connectivity index (χ1v) is 18.0. The summed E-state index contributed by atoms with van der Waals surface area (Å²) in [6, 6.07) is 4.11. The van der Waals surface area contributed by atoms with Crippen molar-refractivity contribution >= 4 is 56.2 Å². The molecule has 0 spiro atoms. The van der Waals surface area contributed by atoms with Gasteiger partial charge in [0.05, 0.1) is 11.6 Å². The molecule has 2 amide bonds. The number of ether oxygens (including phenoxy) is 1. The number of amides is 2. The predicted octanol–water partition coefficient (Wildman–Crippen LogP) is 0.746. The highest BCUT2D eigenvalue weighted by Gasteiger charge is 2.58. The summed E-state index contributed by atoms with van der Waals surface area (Å²) in [5, 5.41) is 18.4. The maximum atomic E-state index is 13.5. The molecule has 50 heavy (non-hydrogen) atoms. The van der Waals surface area contributed by atoms with E-state index in [9.17, 15) is 27.9 Å². The van der Waals surface area contributed by atoms with E-state index in [1.807, 2.05) is 6.07 Å². The molecule has 2 aromatic rings. The van der Waals surface area contributed by atoms with Crippen LogP contribution in [-0.4, -0.2) is 93.3 Å². The minimum atomic E-state index is -5.03. The minimum Gasteiger partial charge on any atom is -0.485 e. The Kier molecular flexibility index (Phi) is 10.4. The van der Waals surface area contributed by atoms with Crippen molar-refractivity contribution < 1.29 is 46.3 Å². The molecule has 3 heterocycles. The number of thiazole rings is 1. The molecule has 9 N–H and O–H groups in total. The number of nitrogens with zero attached hydrogens (tertiary/aromatic N) is 4. The second-order valence-corrected chi connectivity index (χ2v) is 15.0. The summed E-state index contributed by atoms with van der Waals surface area (Å²) in [4.78, 5) is 53.1. The number of hydrogen-bond donors (Lipinski definition) is 6. The molecule has 20 heteroatoms. The van der Waals surface area contributed by atoms with Gasteiger partial charge in [0.25, 0.3) is 17.4 Å². The second-order valence-electron chi connectivity index (χ2n) is 13.1. The number of nitrogens with two attached hydrogens (primary N) is 3. The van der Waals surface area contributed by atoms with Crippen LogP contribution in [-0.2, 0) is 40.3 Å². The standard InChI is InChI=1S/C30H40N8O10S2/c1-29(2)23(26(40)38(29)48-50(43,44)45)36-25(39)22(19-14-49-28(33)35-19)37-47-30(3,27(41)42)21-11-7-16-12-17(6-10-20(16)46-21)24(32)34-18-8-4-15(13-31)5-9-18/h6,10,12,14-15,18,21,23H,4-5,7-9,11,13,31H2,1-3H3,(H2,32,34)(H2,33,35)(H,36,39)(H,41,42)(H,43,44,45). The highest BCUT2D eigenvalue weighted by Crippen LogP contribution is 2.36. The third-order valence-electron chi connectivity index (χ3n) is 9.24. The lowest BCUT2D eigenvalue weighted by Gasteiger charge is -2.50. The summed E-state index contributed by atoms with van der Waals surface area (Å²) in [7, 11) is -5.03. The Balaban J connectivity index is 1.33. The number of anilines is 1. The molecule has 1 saturated carbocycles. The van der Waals surface area contributed by atoms with Crippen LogP contribution in [0, 0.1) is 5.92 Å². The number of carboxylic acids is 1. The Morgan fingerprint density at radius 3 is 2.52 bits per heavy atom. The molecule has 0 bridgehead atoms. The molecule has 2 fully saturated rings. The number of hydrogen-bond acceptors (Lipinski definition) is 14. The average Bonchev–Trinajstić information content (AvgIpc) is 3.50. The van der Waals surface area contributed by atoms with E-state index in [2.05, 4.69) is 19.7 Å². The third kappa shape index (κ3) is 7.68. The molecule has 3 atom stereocenters. The highest BCUT2D eigenvalue weighted by atomic mass is 32.3. The molecule has 3 aliphatic rings. The van der Waals surface area contributed by atoms with E-state index < -0.39 is 57.2 Å². The fourth-order valence-corrected chi connectivity index (χ4v) is 7.11. The Labute approximate surface area is 291 Å². The van der Waals surface area contributed by atoms with Crippen LogP contribution in [0.5, 0.6) is 5.75 Å². The molecular weight excluding hydrogens is 697 g/mol. The van der Waals surface area contributed by atoms with Crippen molar-refractivity contribution in [3.63, 3.8) is 0 Å². The van der Waals surface area contributed by atoms with Gasteiger partial charge in [-0.05, 0) is 95.5 Å². The number of carboxylic acid groups (broad SMARTS) is 1. The number of aromatic nitrogens is 1. The van der Waals surface area contributed by atoms with Crippen molar-refractivity contribution in [3.05, 3.63) is 40.4 Å². The molecule has 1 saturated heterocycles. The van der Waals surface area contributed by atoms with Gasteiger partial charge in [-0.25, -0.2) is 9.78 Å². The number of aryl methyl sites for hydroxylation is 1. The summed E-state index contributed by atoms with van der Waals surface area (Å²) < 4.78 is 41.8. The van der Waals surface area contributed by atoms with E-state index >= 15 is 0 Å². The highest BCUT2D eigenvalue weighted by molar-refractivity contribution is 7.80. The van der Waals surface area contributed by atoms with E-state index in [1.54, 1.807) is 12.1 Å². The molecular formula is C30H40N8O10S2. The fraction of sp³-hybridized carbons (Fsp3) is 0.533. The zero-order chi connectivity index (χ0) is 36.6. The molecule has 18 nitrogen and oxygen atoms in total. The van der Waals surface area contributed by atoms with Crippen molar-refractivity contribution in [2.24, 2.45) is 27.5 Å². The van der Waals surface area contributed by atoms with Crippen molar-refractivity contribution in [3.8, 4) is 5.75 Å². The van der Waals surface area contributed by atoms with Gasteiger partial charge in [-0.2, -0.15) is 13.5 Å². The van der Waals surface area contributed by atoms with Crippen molar-refractivity contribution in [2.45, 2.75) is 88.6 Å². The number of nitrogens with one attached hydrogen (secondary N) is 1. The third-order valence-corrected chi connectivity index (χ3v) is 10.3. The van der Waals surface area contributed by atoms with Crippen LogP contribution < -0.4 is 27.3 Å². The number of rotatable bonds is 12. The van der Waals surface area contributed by atoms with Crippen LogP contribution in [0.25, 0.3) is 0 Å². The molecule has 1 aromatic heterocycles.